The Hall–Kier alpha value is -2.50. The van der Waals surface area contributed by atoms with Crippen LogP contribution in [-0.2, 0) is 11.3 Å². The second-order valence-electron chi connectivity index (χ2n) is 6.21. The molecule has 26 heavy (non-hydrogen) atoms. The number of halogens is 1. The molecular weight excluding hydrogens is 348 g/mol. The predicted octanol–water partition coefficient (Wildman–Crippen LogP) is 4.66. The highest BCUT2D eigenvalue weighted by atomic mass is 35.5. The Balaban J connectivity index is 1.60. The minimum absolute atomic E-state index is 0.0113. The summed E-state index contributed by atoms with van der Waals surface area (Å²) in [7, 11) is 0. The Morgan fingerprint density at radius 2 is 1.92 bits per heavy atom. The third-order valence-corrected chi connectivity index (χ3v) is 4.66. The van der Waals surface area contributed by atoms with Crippen LogP contribution >= 0.6 is 11.6 Å². The van der Waals surface area contributed by atoms with Crippen molar-refractivity contribution in [3.05, 3.63) is 71.3 Å². The third-order valence-electron chi connectivity index (χ3n) is 4.41. The first-order valence-electron chi connectivity index (χ1n) is 8.67. The molecule has 0 amide bonds. The smallest absolute Gasteiger partial charge is 0.223 e. The normalized spacial score (nSPS) is 16.6. The minimum Gasteiger partial charge on any atom is -0.372 e. The molecule has 0 spiro atoms. The molecule has 1 N–H and O–H groups in total. The number of benzene rings is 1. The van der Waals surface area contributed by atoms with Gasteiger partial charge in [-0.25, -0.2) is 9.97 Å². The van der Waals surface area contributed by atoms with Crippen LogP contribution in [-0.4, -0.2) is 21.6 Å². The Bertz CT molecular complexity index is 865. The van der Waals surface area contributed by atoms with Crippen LogP contribution in [0.25, 0.3) is 11.1 Å². The average molecular weight is 367 g/mol. The van der Waals surface area contributed by atoms with Gasteiger partial charge in [-0.3, -0.25) is 4.98 Å². The first-order valence-corrected chi connectivity index (χ1v) is 9.04. The molecule has 5 nitrogen and oxygen atoms in total. The molecular formula is C20H19ClN4O. The fraction of sp³-hybridized carbons (Fsp3) is 0.250. The van der Waals surface area contributed by atoms with Crippen LogP contribution in [0.4, 0.5) is 5.95 Å². The lowest BCUT2D eigenvalue weighted by molar-refractivity contribution is 0.109. The van der Waals surface area contributed by atoms with Crippen molar-refractivity contribution in [3.8, 4) is 11.1 Å². The van der Waals surface area contributed by atoms with Gasteiger partial charge in [0.05, 0.1) is 5.69 Å². The molecule has 3 aromatic rings. The second kappa shape index (κ2) is 7.81. The molecule has 2 aromatic heterocycles. The Morgan fingerprint density at radius 1 is 1.12 bits per heavy atom. The number of rotatable bonds is 5. The molecule has 4 rings (SSSR count). The van der Waals surface area contributed by atoms with Crippen molar-refractivity contribution < 1.29 is 4.74 Å². The lowest BCUT2D eigenvalue weighted by atomic mass is 10.0. The van der Waals surface area contributed by atoms with Gasteiger partial charge in [-0.1, -0.05) is 23.7 Å². The summed E-state index contributed by atoms with van der Waals surface area (Å²) >= 11 is 5.93. The number of hydrogen-bond acceptors (Lipinski definition) is 5. The van der Waals surface area contributed by atoms with Crippen molar-refractivity contribution in [1.82, 2.24) is 15.0 Å². The first-order chi connectivity index (χ1) is 12.8. The van der Waals surface area contributed by atoms with Crippen LogP contribution in [0, 0.1) is 0 Å². The molecule has 1 unspecified atom stereocenters. The van der Waals surface area contributed by atoms with Gasteiger partial charge >= 0.3 is 0 Å². The van der Waals surface area contributed by atoms with Crippen LogP contribution in [0.1, 0.15) is 30.2 Å². The maximum absolute atomic E-state index is 5.93. The highest BCUT2D eigenvalue weighted by molar-refractivity contribution is 6.30. The zero-order valence-electron chi connectivity index (χ0n) is 14.2. The molecule has 1 aliphatic heterocycles. The Labute approximate surface area is 157 Å². The molecule has 1 aliphatic rings. The van der Waals surface area contributed by atoms with E-state index in [0.29, 0.717) is 12.5 Å². The summed E-state index contributed by atoms with van der Waals surface area (Å²) in [6, 6.07) is 11.7. The Kier molecular flexibility index (Phi) is 5.09. The van der Waals surface area contributed by atoms with E-state index in [1.54, 1.807) is 12.4 Å². The zero-order valence-corrected chi connectivity index (χ0v) is 15.0. The fourth-order valence-corrected chi connectivity index (χ4v) is 3.18. The number of ether oxygens (including phenoxy) is 1. The molecule has 132 valence electrons. The van der Waals surface area contributed by atoms with Gasteiger partial charge in [0, 0.05) is 42.3 Å². The summed E-state index contributed by atoms with van der Waals surface area (Å²) in [6.07, 6.45) is 7.47. The van der Waals surface area contributed by atoms with Gasteiger partial charge in [-0.15, -0.1) is 0 Å². The van der Waals surface area contributed by atoms with E-state index >= 15 is 0 Å². The molecule has 0 aliphatic carbocycles. The molecule has 1 saturated heterocycles. The quantitative estimate of drug-likeness (QED) is 0.711. The van der Waals surface area contributed by atoms with Gasteiger partial charge < -0.3 is 10.1 Å². The highest BCUT2D eigenvalue weighted by Crippen LogP contribution is 2.34. The van der Waals surface area contributed by atoms with Crippen molar-refractivity contribution in [3.63, 3.8) is 0 Å². The first kappa shape index (κ1) is 16.9. The SMILES string of the molecule is Clc1ccc(CNc2ncc(-c3ccncc3)c(C3CCCO3)n2)cc1. The van der Waals surface area contributed by atoms with E-state index in [-0.39, 0.29) is 6.10 Å². The third kappa shape index (κ3) is 3.84. The van der Waals surface area contributed by atoms with Crippen molar-refractivity contribution in [2.24, 2.45) is 0 Å². The maximum atomic E-state index is 5.93. The fourth-order valence-electron chi connectivity index (χ4n) is 3.06. The van der Waals surface area contributed by atoms with E-state index in [9.17, 15) is 0 Å². The van der Waals surface area contributed by atoms with Crippen molar-refractivity contribution in [2.45, 2.75) is 25.5 Å². The number of hydrogen-bond donors (Lipinski definition) is 1. The molecule has 0 radical (unpaired) electrons. The van der Waals surface area contributed by atoms with Crippen LogP contribution in [0.3, 0.4) is 0 Å². The predicted molar refractivity (Wildman–Crippen MR) is 102 cm³/mol. The lowest BCUT2D eigenvalue weighted by Crippen LogP contribution is -2.09. The largest absolute Gasteiger partial charge is 0.372 e. The van der Waals surface area contributed by atoms with Gasteiger partial charge in [-0.05, 0) is 48.2 Å². The standard InChI is InChI=1S/C20H19ClN4O/c21-16-5-3-14(4-6-16)12-23-20-24-13-17(15-7-9-22-10-8-15)19(25-20)18-2-1-11-26-18/h3-10,13,18H,1-2,11-12H2,(H,23,24,25). The highest BCUT2D eigenvalue weighted by Gasteiger charge is 2.23. The topological polar surface area (TPSA) is 59.9 Å². The van der Waals surface area contributed by atoms with E-state index in [4.69, 9.17) is 21.3 Å². The number of aromatic nitrogens is 3. The van der Waals surface area contributed by atoms with E-state index in [1.165, 1.54) is 0 Å². The summed E-state index contributed by atoms with van der Waals surface area (Å²) in [6.45, 7) is 1.41. The average Bonchev–Trinajstić information content (AvgIpc) is 3.23. The molecule has 1 fully saturated rings. The summed E-state index contributed by atoms with van der Waals surface area (Å²) in [5.74, 6) is 0.600. The van der Waals surface area contributed by atoms with Crippen LogP contribution in [0.15, 0.2) is 55.0 Å². The number of nitrogens with zero attached hydrogens (tertiary/aromatic N) is 3. The molecule has 1 aromatic carbocycles. The maximum Gasteiger partial charge on any atom is 0.223 e. The summed E-state index contributed by atoms with van der Waals surface area (Å²) < 4.78 is 5.88. The van der Waals surface area contributed by atoms with E-state index in [1.807, 2.05) is 42.6 Å². The summed E-state index contributed by atoms with van der Waals surface area (Å²) in [4.78, 5) is 13.4. The zero-order chi connectivity index (χ0) is 17.8. The molecule has 3 heterocycles. The van der Waals surface area contributed by atoms with Crippen LogP contribution in [0.2, 0.25) is 5.02 Å². The number of nitrogens with one attached hydrogen (secondary N) is 1. The summed E-state index contributed by atoms with van der Waals surface area (Å²) in [5, 5.41) is 4.02. The van der Waals surface area contributed by atoms with Gasteiger partial charge in [0.2, 0.25) is 5.95 Å². The number of anilines is 1. The second-order valence-corrected chi connectivity index (χ2v) is 6.65. The van der Waals surface area contributed by atoms with E-state index in [2.05, 4.69) is 15.3 Å². The monoisotopic (exact) mass is 366 g/mol. The van der Waals surface area contributed by atoms with Gasteiger partial charge in [0.25, 0.3) is 0 Å². The van der Waals surface area contributed by atoms with E-state index in [0.717, 1.165) is 46.9 Å². The molecule has 0 bridgehead atoms. The van der Waals surface area contributed by atoms with Gasteiger partial charge in [0.15, 0.2) is 0 Å². The lowest BCUT2D eigenvalue weighted by Gasteiger charge is -2.16. The van der Waals surface area contributed by atoms with Gasteiger partial charge in [-0.2, -0.15) is 0 Å². The minimum atomic E-state index is 0.0113. The molecule has 6 heteroatoms. The molecule has 0 saturated carbocycles. The molecule has 1 atom stereocenters. The van der Waals surface area contributed by atoms with E-state index < -0.39 is 0 Å². The van der Waals surface area contributed by atoms with Crippen LogP contribution < -0.4 is 5.32 Å². The number of pyridine rings is 1. The van der Waals surface area contributed by atoms with Gasteiger partial charge in [0.1, 0.15) is 6.10 Å². The van der Waals surface area contributed by atoms with Crippen molar-refractivity contribution in [2.75, 3.05) is 11.9 Å². The summed E-state index contributed by atoms with van der Waals surface area (Å²) in [5.41, 5.74) is 4.10. The Morgan fingerprint density at radius 3 is 2.65 bits per heavy atom. The van der Waals surface area contributed by atoms with Crippen LogP contribution in [0.5, 0.6) is 0 Å². The van der Waals surface area contributed by atoms with Crippen molar-refractivity contribution in [1.29, 1.82) is 0 Å². The van der Waals surface area contributed by atoms with Crippen molar-refractivity contribution >= 4 is 17.5 Å².